The Morgan fingerprint density at radius 1 is 1.57 bits per heavy atom. The number of hydrogen-bond donors (Lipinski definition) is 1. The third-order valence-electron chi connectivity index (χ3n) is 2.65. The predicted octanol–water partition coefficient (Wildman–Crippen LogP) is 0.449. The molecule has 2 rings (SSSR count). The highest BCUT2D eigenvalue weighted by molar-refractivity contribution is 5.01. The van der Waals surface area contributed by atoms with Crippen LogP contribution in [0.15, 0.2) is 6.20 Å². The topological polar surface area (TPSA) is 42.7 Å². The minimum Gasteiger partial charge on any atom is -0.316 e. The van der Waals surface area contributed by atoms with E-state index in [1.54, 1.807) is 17.9 Å². The van der Waals surface area contributed by atoms with Gasteiger partial charge in [-0.15, -0.1) is 5.10 Å². The minimum atomic E-state index is -1.08. The van der Waals surface area contributed by atoms with Crippen LogP contribution in [0.4, 0.5) is 4.39 Å². The lowest BCUT2D eigenvalue weighted by Gasteiger charge is -2.29. The third-order valence-corrected chi connectivity index (χ3v) is 2.65. The van der Waals surface area contributed by atoms with Crippen molar-refractivity contribution in [1.29, 1.82) is 0 Å². The van der Waals surface area contributed by atoms with E-state index in [9.17, 15) is 4.39 Å². The molecule has 0 aromatic carbocycles. The second kappa shape index (κ2) is 3.65. The highest BCUT2D eigenvalue weighted by atomic mass is 19.1. The van der Waals surface area contributed by atoms with Gasteiger partial charge in [-0.25, -0.2) is 4.39 Å². The zero-order valence-corrected chi connectivity index (χ0v) is 8.33. The molecule has 78 valence electrons. The molecule has 1 aromatic heterocycles. The first-order valence-electron chi connectivity index (χ1n) is 4.93. The van der Waals surface area contributed by atoms with E-state index in [0.717, 1.165) is 18.8 Å². The molecule has 1 aliphatic heterocycles. The fraction of sp³-hybridized carbons (Fsp3) is 0.778. The van der Waals surface area contributed by atoms with Gasteiger partial charge >= 0.3 is 0 Å². The number of alkyl halides is 1. The monoisotopic (exact) mass is 198 g/mol. The summed E-state index contributed by atoms with van der Waals surface area (Å²) in [6, 6.07) is 0. The molecule has 0 bridgehead atoms. The van der Waals surface area contributed by atoms with Crippen molar-refractivity contribution in [2.45, 2.75) is 24.9 Å². The number of nitrogens with zero attached hydrogens (tertiary/aromatic N) is 3. The normalized spacial score (nSPS) is 21.0. The summed E-state index contributed by atoms with van der Waals surface area (Å²) in [4.78, 5) is 0. The summed E-state index contributed by atoms with van der Waals surface area (Å²) in [5.74, 6) is 0. The van der Waals surface area contributed by atoms with Crippen LogP contribution in [0.1, 0.15) is 18.5 Å². The summed E-state index contributed by atoms with van der Waals surface area (Å²) < 4.78 is 15.8. The van der Waals surface area contributed by atoms with Crippen LogP contribution < -0.4 is 5.32 Å². The minimum absolute atomic E-state index is 0.391. The van der Waals surface area contributed by atoms with Gasteiger partial charge in [-0.1, -0.05) is 5.21 Å². The molecular formula is C9H15FN4. The van der Waals surface area contributed by atoms with E-state index >= 15 is 0 Å². The molecule has 4 nitrogen and oxygen atoms in total. The molecule has 0 unspecified atom stereocenters. The first-order valence-corrected chi connectivity index (χ1v) is 4.93. The van der Waals surface area contributed by atoms with E-state index in [1.807, 2.05) is 0 Å². The van der Waals surface area contributed by atoms with Crippen LogP contribution in [0.25, 0.3) is 0 Å². The number of hydrogen-bond acceptors (Lipinski definition) is 3. The zero-order chi connectivity index (χ0) is 10.0. The Hall–Kier alpha value is -0.970. The first kappa shape index (κ1) is 9.58. The fourth-order valence-electron chi connectivity index (χ4n) is 1.85. The molecule has 0 amide bonds. The first-order chi connectivity index (χ1) is 6.68. The van der Waals surface area contributed by atoms with Crippen molar-refractivity contribution in [2.75, 3.05) is 13.1 Å². The van der Waals surface area contributed by atoms with Crippen LogP contribution in [0.5, 0.6) is 0 Å². The molecule has 14 heavy (non-hydrogen) atoms. The quantitative estimate of drug-likeness (QED) is 0.750. The van der Waals surface area contributed by atoms with E-state index in [0.29, 0.717) is 19.3 Å². The van der Waals surface area contributed by atoms with Gasteiger partial charge in [0.05, 0.1) is 5.69 Å². The van der Waals surface area contributed by atoms with Crippen LogP contribution in [-0.4, -0.2) is 33.8 Å². The molecule has 2 heterocycles. The van der Waals surface area contributed by atoms with Crippen LogP contribution >= 0.6 is 0 Å². The van der Waals surface area contributed by atoms with Gasteiger partial charge in [0.2, 0.25) is 0 Å². The van der Waals surface area contributed by atoms with Gasteiger partial charge in [0, 0.05) is 19.7 Å². The molecule has 0 atom stereocenters. The summed E-state index contributed by atoms with van der Waals surface area (Å²) in [7, 11) is 1.80. The molecule has 0 saturated carbocycles. The molecular weight excluding hydrogens is 183 g/mol. The number of nitrogens with one attached hydrogen (secondary N) is 1. The molecule has 0 radical (unpaired) electrons. The standard InChI is InChI=1S/C9H15FN4/c1-14-7-8(12-13-14)6-9(10)2-4-11-5-3-9/h7,11H,2-6H2,1H3. The molecule has 1 N–H and O–H groups in total. The van der Waals surface area contributed by atoms with Crippen LogP contribution in [0, 0.1) is 0 Å². The van der Waals surface area contributed by atoms with Crippen molar-refractivity contribution in [3.63, 3.8) is 0 Å². The number of aromatic nitrogens is 3. The molecule has 0 spiro atoms. The highest BCUT2D eigenvalue weighted by Gasteiger charge is 2.32. The van der Waals surface area contributed by atoms with Gasteiger partial charge in [0.25, 0.3) is 0 Å². The maximum atomic E-state index is 14.2. The average molecular weight is 198 g/mol. The van der Waals surface area contributed by atoms with Gasteiger partial charge in [-0.3, -0.25) is 4.68 Å². The lowest BCUT2D eigenvalue weighted by molar-refractivity contribution is 0.115. The number of piperidine rings is 1. The number of halogens is 1. The van der Waals surface area contributed by atoms with Crippen LogP contribution in [-0.2, 0) is 13.5 Å². The fourth-order valence-corrected chi connectivity index (χ4v) is 1.85. The molecule has 0 aliphatic carbocycles. The summed E-state index contributed by atoms with van der Waals surface area (Å²) >= 11 is 0. The van der Waals surface area contributed by atoms with Gasteiger partial charge in [0.1, 0.15) is 5.67 Å². The van der Waals surface area contributed by atoms with Gasteiger partial charge in [-0.2, -0.15) is 0 Å². The maximum Gasteiger partial charge on any atom is 0.119 e. The van der Waals surface area contributed by atoms with Crippen LogP contribution in [0.2, 0.25) is 0 Å². The number of rotatable bonds is 2. The average Bonchev–Trinajstić information content (AvgIpc) is 2.51. The molecule has 1 aliphatic rings. The van der Waals surface area contributed by atoms with Crippen molar-refractivity contribution in [3.8, 4) is 0 Å². The third kappa shape index (κ3) is 2.09. The molecule has 5 heteroatoms. The van der Waals surface area contributed by atoms with E-state index in [2.05, 4.69) is 15.6 Å². The SMILES string of the molecule is Cn1cc(CC2(F)CCNCC2)nn1. The Bertz CT molecular complexity index is 304. The summed E-state index contributed by atoms with van der Waals surface area (Å²) in [5, 5.41) is 10.9. The van der Waals surface area contributed by atoms with Crippen molar-refractivity contribution in [2.24, 2.45) is 7.05 Å². The summed E-state index contributed by atoms with van der Waals surface area (Å²) in [6.45, 7) is 1.52. The van der Waals surface area contributed by atoms with E-state index < -0.39 is 5.67 Å². The Morgan fingerprint density at radius 2 is 2.29 bits per heavy atom. The Kier molecular flexibility index (Phi) is 2.50. The smallest absolute Gasteiger partial charge is 0.119 e. The second-order valence-electron chi connectivity index (χ2n) is 3.96. The molecule has 1 saturated heterocycles. The van der Waals surface area contributed by atoms with Crippen molar-refractivity contribution >= 4 is 0 Å². The zero-order valence-electron chi connectivity index (χ0n) is 8.33. The van der Waals surface area contributed by atoms with E-state index in [1.165, 1.54) is 0 Å². The predicted molar refractivity (Wildman–Crippen MR) is 50.6 cm³/mol. The maximum absolute atomic E-state index is 14.2. The summed E-state index contributed by atoms with van der Waals surface area (Å²) in [5.41, 5.74) is -0.335. The second-order valence-corrected chi connectivity index (χ2v) is 3.96. The van der Waals surface area contributed by atoms with Crippen molar-refractivity contribution < 1.29 is 4.39 Å². The Labute approximate surface area is 82.5 Å². The highest BCUT2D eigenvalue weighted by Crippen LogP contribution is 2.26. The lowest BCUT2D eigenvalue weighted by atomic mass is 9.90. The van der Waals surface area contributed by atoms with Gasteiger partial charge in [0.15, 0.2) is 0 Å². The van der Waals surface area contributed by atoms with Gasteiger partial charge < -0.3 is 5.32 Å². The van der Waals surface area contributed by atoms with E-state index in [-0.39, 0.29) is 0 Å². The summed E-state index contributed by atoms with van der Waals surface area (Å²) in [6.07, 6.45) is 3.32. The van der Waals surface area contributed by atoms with Gasteiger partial charge in [-0.05, 0) is 25.9 Å². The van der Waals surface area contributed by atoms with Crippen molar-refractivity contribution in [3.05, 3.63) is 11.9 Å². The Morgan fingerprint density at radius 3 is 2.86 bits per heavy atom. The Balaban J connectivity index is 2.01. The molecule has 1 fully saturated rings. The lowest BCUT2D eigenvalue weighted by Crippen LogP contribution is -2.40. The number of aryl methyl sites for hydroxylation is 1. The van der Waals surface area contributed by atoms with E-state index in [4.69, 9.17) is 0 Å². The van der Waals surface area contributed by atoms with Crippen LogP contribution in [0.3, 0.4) is 0 Å². The molecule has 1 aromatic rings. The largest absolute Gasteiger partial charge is 0.316 e. The van der Waals surface area contributed by atoms with Crippen molar-refractivity contribution in [1.82, 2.24) is 20.3 Å².